The Morgan fingerprint density at radius 2 is 2.13 bits per heavy atom. The molecule has 1 saturated heterocycles. The number of sulfonamides is 1. The summed E-state index contributed by atoms with van der Waals surface area (Å²) in [7, 11) is -3.69. The van der Waals surface area contributed by atoms with E-state index in [0.717, 1.165) is 25.9 Å². The zero-order chi connectivity index (χ0) is 21.3. The summed E-state index contributed by atoms with van der Waals surface area (Å²) < 4.78 is 35.5. The van der Waals surface area contributed by atoms with Crippen LogP contribution in [0.25, 0.3) is 5.69 Å². The molecule has 2 aliphatic heterocycles. The van der Waals surface area contributed by atoms with Gasteiger partial charge in [-0.25, -0.2) is 13.4 Å². The first-order valence-corrected chi connectivity index (χ1v) is 11.9. The number of nitrogens with one attached hydrogen (secondary N) is 1. The van der Waals surface area contributed by atoms with Crippen molar-refractivity contribution in [3.05, 3.63) is 42.0 Å². The van der Waals surface area contributed by atoms with Crippen molar-refractivity contribution in [2.45, 2.75) is 50.7 Å². The highest BCUT2D eigenvalue weighted by Crippen LogP contribution is 2.31. The van der Waals surface area contributed by atoms with Crippen molar-refractivity contribution >= 4 is 15.9 Å². The van der Waals surface area contributed by atoms with Crippen molar-refractivity contribution in [3.8, 4) is 5.69 Å². The van der Waals surface area contributed by atoms with E-state index in [1.807, 2.05) is 0 Å². The van der Waals surface area contributed by atoms with Gasteiger partial charge in [-0.15, -0.1) is 0 Å². The number of fused-ring (bicyclic) bond motifs is 3. The van der Waals surface area contributed by atoms with E-state index in [-0.39, 0.29) is 29.1 Å². The highest BCUT2D eigenvalue weighted by molar-refractivity contribution is 7.89. The first-order chi connectivity index (χ1) is 14.4. The fourth-order valence-electron chi connectivity index (χ4n) is 3.88. The Balaban J connectivity index is 1.69. The summed E-state index contributed by atoms with van der Waals surface area (Å²) in [6, 6.07) is 6.87. The van der Waals surface area contributed by atoms with E-state index in [1.54, 1.807) is 28.8 Å². The monoisotopic (exact) mass is 432 g/mol. The van der Waals surface area contributed by atoms with Gasteiger partial charge in [0.05, 0.1) is 24.0 Å². The van der Waals surface area contributed by atoms with Crippen LogP contribution in [0.1, 0.15) is 49.3 Å². The normalized spacial score (nSPS) is 20.6. The lowest BCUT2D eigenvalue weighted by Crippen LogP contribution is -2.34. The second-order valence-corrected chi connectivity index (χ2v) is 10.2. The van der Waals surface area contributed by atoms with Gasteiger partial charge in [-0.05, 0) is 37.3 Å². The van der Waals surface area contributed by atoms with Crippen LogP contribution in [0.15, 0.2) is 35.5 Å². The van der Waals surface area contributed by atoms with E-state index in [1.165, 1.54) is 10.6 Å². The van der Waals surface area contributed by atoms with Gasteiger partial charge in [-0.3, -0.25) is 9.36 Å². The second kappa shape index (κ2) is 8.49. The van der Waals surface area contributed by atoms with Crippen LogP contribution in [-0.4, -0.2) is 54.0 Å². The molecule has 2 aliphatic rings. The molecular weight excluding hydrogens is 404 g/mol. The smallest absolute Gasteiger partial charge is 0.271 e. The van der Waals surface area contributed by atoms with Crippen LogP contribution in [0.3, 0.4) is 0 Å². The highest BCUT2D eigenvalue weighted by Gasteiger charge is 2.34. The molecule has 1 atom stereocenters. The van der Waals surface area contributed by atoms with Crippen molar-refractivity contribution in [2.24, 2.45) is 5.92 Å². The Hall–Kier alpha value is -2.23. The van der Waals surface area contributed by atoms with E-state index < -0.39 is 10.0 Å². The number of amides is 1. The van der Waals surface area contributed by atoms with Gasteiger partial charge in [0.1, 0.15) is 11.2 Å². The molecule has 1 unspecified atom stereocenters. The van der Waals surface area contributed by atoms with Crippen LogP contribution in [0, 0.1) is 5.92 Å². The van der Waals surface area contributed by atoms with Gasteiger partial charge in [0, 0.05) is 19.7 Å². The lowest BCUT2D eigenvalue weighted by atomic mass is 10.1. The number of hydrogen-bond acceptors (Lipinski definition) is 5. The van der Waals surface area contributed by atoms with Crippen molar-refractivity contribution in [3.63, 3.8) is 0 Å². The van der Waals surface area contributed by atoms with Gasteiger partial charge < -0.3 is 10.1 Å². The number of hydrogen-bond donors (Lipinski definition) is 1. The van der Waals surface area contributed by atoms with Crippen molar-refractivity contribution in [1.82, 2.24) is 19.2 Å². The summed E-state index contributed by atoms with van der Waals surface area (Å²) in [5.41, 5.74) is 1.36. The number of rotatable bonds is 6. The maximum atomic E-state index is 13.4. The molecule has 3 heterocycles. The summed E-state index contributed by atoms with van der Waals surface area (Å²) in [6.07, 6.45) is 4.22. The van der Waals surface area contributed by atoms with Gasteiger partial charge in [0.2, 0.25) is 10.0 Å². The maximum absolute atomic E-state index is 13.4. The molecule has 2 aromatic rings. The van der Waals surface area contributed by atoms with E-state index in [2.05, 4.69) is 24.1 Å². The fourth-order valence-corrected chi connectivity index (χ4v) is 5.48. The van der Waals surface area contributed by atoms with Crippen LogP contribution in [0.4, 0.5) is 0 Å². The molecule has 0 spiro atoms. The summed E-state index contributed by atoms with van der Waals surface area (Å²) in [6.45, 7) is 5.76. The number of benzene rings is 1. The second-order valence-electron chi connectivity index (χ2n) is 8.24. The lowest BCUT2D eigenvalue weighted by Gasteiger charge is -2.21. The largest absolute Gasteiger partial charge is 0.376 e. The van der Waals surface area contributed by atoms with E-state index in [0.29, 0.717) is 30.4 Å². The minimum absolute atomic E-state index is 0.0267. The Kier molecular flexibility index (Phi) is 5.95. The minimum Gasteiger partial charge on any atom is -0.376 e. The molecule has 1 fully saturated rings. The van der Waals surface area contributed by atoms with Crippen LogP contribution >= 0.6 is 0 Å². The van der Waals surface area contributed by atoms with Crippen LogP contribution in [-0.2, 0) is 21.3 Å². The van der Waals surface area contributed by atoms with Crippen molar-refractivity contribution in [1.29, 1.82) is 0 Å². The molecule has 30 heavy (non-hydrogen) atoms. The fraction of sp³-hybridized carbons (Fsp3) is 0.524. The SMILES string of the molecule is CC(C)CCN1Cc2c(C(=O)NCC3CCCO3)ncn2-c2ccccc2S1(=O)=O. The summed E-state index contributed by atoms with van der Waals surface area (Å²) >= 11 is 0. The zero-order valence-corrected chi connectivity index (χ0v) is 18.2. The summed E-state index contributed by atoms with van der Waals surface area (Å²) in [5, 5.41) is 2.90. The Morgan fingerprint density at radius 1 is 1.33 bits per heavy atom. The quantitative estimate of drug-likeness (QED) is 0.756. The van der Waals surface area contributed by atoms with Gasteiger partial charge in [-0.1, -0.05) is 26.0 Å². The predicted octanol–water partition coefficient (Wildman–Crippen LogP) is 2.33. The van der Waals surface area contributed by atoms with Gasteiger partial charge in [0.25, 0.3) is 5.91 Å². The number of ether oxygens (including phenoxy) is 1. The number of carbonyl (C=O) groups is 1. The molecule has 9 heteroatoms. The molecule has 1 N–H and O–H groups in total. The van der Waals surface area contributed by atoms with Crippen LogP contribution in [0.5, 0.6) is 0 Å². The first-order valence-electron chi connectivity index (χ1n) is 10.4. The average molecular weight is 433 g/mol. The van der Waals surface area contributed by atoms with Gasteiger partial charge >= 0.3 is 0 Å². The Morgan fingerprint density at radius 3 is 2.87 bits per heavy atom. The third-order valence-corrected chi connectivity index (χ3v) is 7.51. The molecule has 0 radical (unpaired) electrons. The topological polar surface area (TPSA) is 93.5 Å². The molecule has 0 bridgehead atoms. The molecule has 0 saturated carbocycles. The molecule has 1 aromatic carbocycles. The Bertz CT molecular complexity index is 1030. The standard InChI is InChI=1S/C21H28N4O4S/c1-15(2)9-10-24-13-18-20(21(26)22-12-16-6-5-11-29-16)23-14-25(18)17-7-3-4-8-19(17)30(24,27)28/h3-4,7-8,14-16H,5-6,9-13H2,1-2H3,(H,22,26). The number of carbonyl (C=O) groups excluding carboxylic acids is 1. The molecule has 1 amide bonds. The predicted molar refractivity (Wildman–Crippen MR) is 112 cm³/mol. The van der Waals surface area contributed by atoms with E-state index >= 15 is 0 Å². The highest BCUT2D eigenvalue weighted by atomic mass is 32.2. The third kappa shape index (κ3) is 4.01. The minimum atomic E-state index is -3.69. The van der Waals surface area contributed by atoms with Crippen LogP contribution < -0.4 is 5.32 Å². The molecule has 162 valence electrons. The van der Waals surface area contributed by atoms with E-state index in [9.17, 15) is 13.2 Å². The van der Waals surface area contributed by atoms with E-state index in [4.69, 9.17) is 4.74 Å². The van der Waals surface area contributed by atoms with Crippen molar-refractivity contribution < 1.29 is 17.9 Å². The van der Waals surface area contributed by atoms with Gasteiger partial charge in [-0.2, -0.15) is 4.31 Å². The number of aromatic nitrogens is 2. The molecule has 8 nitrogen and oxygen atoms in total. The summed E-state index contributed by atoms with van der Waals surface area (Å²) in [5.74, 6) is 0.0534. The third-order valence-electron chi connectivity index (χ3n) is 5.62. The average Bonchev–Trinajstić information content (AvgIpc) is 3.37. The summed E-state index contributed by atoms with van der Waals surface area (Å²) in [4.78, 5) is 17.5. The molecular formula is C21H28N4O4S. The number of imidazole rings is 1. The molecule has 0 aliphatic carbocycles. The maximum Gasteiger partial charge on any atom is 0.271 e. The number of para-hydroxylation sites is 1. The lowest BCUT2D eigenvalue weighted by molar-refractivity contribution is 0.0852. The van der Waals surface area contributed by atoms with Crippen LogP contribution in [0.2, 0.25) is 0 Å². The molecule has 4 rings (SSSR count). The first kappa shape index (κ1) is 21.0. The number of nitrogens with zero attached hydrogens (tertiary/aromatic N) is 3. The zero-order valence-electron chi connectivity index (χ0n) is 17.4. The molecule has 1 aromatic heterocycles. The Labute approximate surface area is 177 Å². The van der Waals surface area contributed by atoms with Crippen molar-refractivity contribution in [2.75, 3.05) is 19.7 Å². The van der Waals surface area contributed by atoms with Gasteiger partial charge in [0.15, 0.2) is 5.69 Å².